The average Bonchev–Trinajstić information content (AvgIpc) is 2.80. The molecule has 1 aromatic rings. The van der Waals surface area contributed by atoms with Crippen molar-refractivity contribution in [3.8, 4) is 0 Å². The number of nitrogens with zero attached hydrogens (tertiary/aromatic N) is 3. The number of anilines is 1. The first kappa shape index (κ1) is 13.4. The Balaban J connectivity index is 2.29. The molecule has 2 rings (SSSR count). The molecule has 0 bridgehead atoms. The first-order valence-electron chi connectivity index (χ1n) is 5.57. The van der Waals surface area contributed by atoms with Gasteiger partial charge in [-0.3, -0.25) is 14.5 Å². The van der Waals surface area contributed by atoms with Crippen LogP contribution < -0.4 is 4.90 Å². The fraction of sp³-hybridized carbons (Fsp3) is 0.545. The van der Waals surface area contributed by atoms with Gasteiger partial charge in [0.05, 0.1) is 5.69 Å². The molecule has 0 N–H and O–H groups in total. The Kier molecular flexibility index (Phi) is 3.63. The highest BCUT2D eigenvalue weighted by Gasteiger charge is 2.31. The van der Waals surface area contributed by atoms with Crippen molar-refractivity contribution in [2.45, 2.75) is 18.6 Å². The number of hydrogen-bond acceptors (Lipinski definition) is 5. The maximum Gasteiger partial charge on any atom is 0.265 e. The average molecular weight is 285 g/mol. The smallest absolute Gasteiger partial charge is 0.265 e. The minimum absolute atomic E-state index is 0.0209. The van der Waals surface area contributed by atoms with Gasteiger partial charge < -0.3 is 4.90 Å². The highest BCUT2D eigenvalue weighted by atomic mass is 32.1. The molecule has 0 spiro atoms. The van der Waals surface area contributed by atoms with Crippen LogP contribution in [0.5, 0.6) is 0 Å². The quantitative estimate of drug-likeness (QED) is 0.831. The van der Waals surface area contributed by atoms with Crippen LogP contribution in [0.1, 0.15) is 21.8 Å². The van der Waals surface area contributed by atoms with E-state index in [9.17, 15) is 9.59 Å². The van der Waals surface area contributed by atoms with Gasteiger partial charge in [-0.05, 0) is 6.92 Å². The van der Waals surface area contributed by atoms with Crippen LogP contribution in [0.3, 0.4) is 0 Å². The van der Waals surface area contributed by atoms with Crippen LogP contribution in [0.25, 0.3) is 0 Å². The zero-order valence-electron chi connectivity index (χ0n) is 10.5. The number of thiazole rings is 1. The second-order valence-corrected chi connectivity index (χ2v) is 6.18. The van der Waals surface area contributed by atoms with Crippen LogP contribution in [0.2, 0.25) is 0 Å². The Bertz CT molecular complexity index is 498. The summed E-state index contributed by atoms with van der Waals surface area (Å²) in [5.41, 5.74) is 0.670. The lowest BCUT2D eigenvalue weighted by Crippen LogP contribution is -2.24. The molecule has 1 aromatic heterocycles. The van der Waals surface area contributed by atoms with E-state index >= 15 is 0 Å². The van der Waals surface area contributed by atoms with Gasteiger partial charge in [0.25, 0.3) is 5.91 Å². The van der Waals surface area contributed by atoms with E-state index in [2.05, 4.69) is 17.6 Å². The van der Waals surface area contributed by atoms with Crippen molar-refractivity contribution in [2.75, 3.05) is 25.5 Å². The van der Waals surface area contributed by atoms with Gasteiger partial charge in [0.1, 0.15) is 4.88 Å². The number of thiol groups is 1. The molecule has 98 valence electrons. The lowest BCUT2D eigenvalue weighted by atomic mass is 10.3. The van der Waals surface area contributed by atoms with Crippen LogP contribution in [-0.4, -0.2) is 47.6 Å². The monoisotopic (exact) mass is 285 g/mol. The SMILES string of the molecule is Cc1nc(N2CC(S)CC2=O)sc1C(=O)N(C)C. The minimum Gasteiger partial charge on any atom is -0.344 e. The Morgan fingerprint density at radius 3 is 2.72 bits per heavy atom. The third-order valence-electron chi connectivity index (χ3n) is 2.72. The van der Waals surface area contributed by atoms with Crippen molar-refractivity contribution < 1.29 is 9.59 Å². The number of rotatable bonds is 2. The zero-order valence-corrected chi connectivity index (χ0v) is 12.2. The van der Waals surface area contributed by atoms with Gasteiger partial charge in [0, 0.05) is 32.3 Å². The lowest BCUT2D eigenvalue weighted by molar-refractivity contribution is -0.117. The molecule has 1 unspecified atom stereocenters. The van der Waals surface area contributed by atoms with E-state index in [-0.39, 0.29) is 17.1 Å². The molecule has 1 aliphatic rings. The van der Waals surface area contributed by atoms with Crippen LogP contribution in [0.4, 0.5) is 5.13 Å². The molecule has 1 saturated heterocycles. The minimum atomic E-state index is -0.0784. The fourth-order valence-corrected chi connectivity index (χ4v) is 3.21. The molecule has 1 fully saturated rings. The summed E-state index contributed by atoms with van der Waals surface area (Å²) in [6.45, 7) is 2.35. The molecule has 2 heterocycles. The van der Waals surface area contributed by atoms with E-state index in [1.807, 2.05) is 0 Å². The Hall–Kier alpha value is -1.08. The van der Waals surface area contributed by atoms with E-state index in [4.69, 9.17) is 0 Å². The summed E-state index contributed by atoms with van der Waals surface area (Å²) in [4.78, 5) is 31.7. The molecule has 0 aliphatic carbocycles. The van der Waals surface area contributed by atoms with Gasteiger partial charge in [-0.25, -0.2) is 4.98 Å². The highest BCUT2D eigenvalue weighted by Crippen LogP contribution is 2.30. The van der Waals surface area contributed by atoms with E-state index in [1.165, 1.54) is 16.2 Å². The molecule has 0 radical (unpaired) electrons. The second-order valence-electron chi connectivity index (χ2n) is 4.47. The predicted molar refractivity (Wildman–Crippen MR) is 74.6 cm³/mol. The molecule has 2 amide bonds. The standard InChI is InChI=1S/C11H15N3O2S2/c1-6-9(10(16)13(2)3)18-11(12-6)14-5-7(17)4-8(14)15/h7,17H,4-5H2,1-3H3. The van der Waals surface area contributed by atoms with Crippen LogP contribution in [0.15, 0.2) is 0 Å². The molecule has 0 aromatic carbocycles. The number of aryl methyl sites for hydroxylation is 1. The zero-order chi connectivity index (χ0) is 13.4. The molecule has 5 nitrogen and oxygen atoms in total. The van der Waals surface area contributed by atoms with Gasteiger partial charge in [-0.15, -0.1) is 0 Å². The number of carbonyl (C=O) groups excluding carboxylic acids is 2. The van der Waals surface area contributed by atoms with E-state index in [1.54, 1.807) is 25.9 Å². The van der Waals surface area contributed by atoms with E-state index in [0.717, 1.165) is 0 Å². The van der Waals surface area contributed by atoms with Crippen molar-refractivity contribution in [1.29, 1.82) is 0 Å². The molecule has 18 heavy (non-hydrogen) atoms. The molecule has 1 aliphatic heterocycles. The van der Waals surface area contributed by atoms with Gasteiger partial charge in [0.15, 0.2) is 5.13 Å². The number of aromatic nitrogens is 1. The fourth-order valence-electron chi connectivity index (χ4n) is 1.77. The van der Waals surface area contributed by atoms with Gasteiger partial charge in [-0.2, -0.15) is 12.6 Å². The van der Waals surface area contributed by atoms with Crippen LogP contribution in [-0.2, 0) is 4.79 Å². The Morgan fingerprint density at radius 2 is 2.22 bits per heavy atom. The summed E-state index contributed by atoms with van der Waals surface area (Å²) in [5.74, 6) is -0.0575. The Morgan fingerprint density at radius 1 is 1.56 bits per heavy atom. The molecule has 0 saturated carbocycles. The van der Waals surface area contributed by atoms with E-state index < -0.39 is 0 Å². The van der Waals surface area contributed by atoms with Crippen molar-refractivity contribution in [1.82, 2.24) is 9.88 Å². The van der Waals surface area contributed by atoms with Gasteiger partial charge in [-0.1, -0.05) is 11.3 Å². The first-order valence-corrected chi connectivity index (χ1v) is 6.91. The maximum atomic E-state index is 11.9. The third kappa shape index (κ3) is 2.37. The van der Waals surface area contributed by atoms with Gasteiger partial charge >= 0.3 is 0 Å². The summed E-state index contributed by atoms with van der Waals surface area (Å²) in [6, 6.07) is 0. The van der Waals surface area contributed by atoms with Crippen LogP contribution in [0, 0.1) is 6.92 Å². The largest absolute Gasteiger partial charge is 0.344 e. The van der Waals surface area contributed by atoms with Gasteiger partial charge in [0.2, 0.25) is 5.91 Å². The lowest BCUT2D eigenvalue weighted by Gasteiger charge is -2.11. The summed E-state index contributed by atoms with van der Waals surface area (Å²) < 4.78 is 0. The maximum absolute atomic E-state index is 11.9. The highest BCUT2D eigenvalue weighted by molar-refractivity contribution is 7.81. The normalized spacial score (nSPS) is 19.4. The summed E-state index contributed by atoms with van der Waals surface area (Å²) in [5, 5.41) is 0.647. The Labute approximate surface area is 115 Å². The van der Waals surface area contributed by atoms with Crippen LogP contribution >= 0.6 is 24.0 Å². The number of carbonyl (C=O) groups is 2. The predicted octanol–water partition coefficient (Wildman–Crippen LogP) is 1.19. The van der Waals surface area contributed by atoms with Crippen molar-refractivity contribution in [3.05, 3.63) is 10.6 Å². The summed E-state index contributed by atoms with van der Waals surface area (Å²) >= 11 is 5.57. The molecular formula is C11H15N3O2S2. The van der Waals surface area contributed by atoms with Crippen molar-refractivity contribution in [3.63, 3.8) is 0 Å². The topological polar surface area (TPSA) is 53.5 Å². The third-order valence-corrected chi connectivity index (χ3v) is 4.24. The number of amides is 2. The second kappa shape index (κ2) is 4.89. The molecule has 7 heteroatoms. The summed E-state index contributed by atoms with van der Waals surface area (Å²) in [7, 11) is 3.40. The summed E-state index contributed by atoms with van der Waals surface area (Å²) in [6.07, 6.45) is 0.429. The first-order chi connectivity index (χ1) is 8.40. The molecule has 1 atom stereocenters. The number of hydrogen-bond donors (Lipinski definition) is 1. The van der Waals surface area contributed by atoms with Crippen molar-refractivity contribution in [2.24, 2.45) is 0 Å². The van der Waals surface area contributed by atoms with E-state index in [0.29, 0.717) is 28.7 Å². The van der Waals surface area contributed by atoms with Crippen molar-refractivity contribution >= 4 is 40.9 Å². The molecular weight excluding hydrogens is 270 g/mol.